The molecule has 1 aliphatic rings. The monoisotopic (exact) mass is 205 g/mol. The Morgan fingerprint density at radius 1 is 1.40 bits per heavy atom. The van der Waals surface area contributed by atoms with Crippen LogP contribution in [-0.4, -0.2) is 21.3 Å². The second-order valence-corrected chi connectivity index (χ2v) is 4.26. The zero-order valence-corrected chi connectivity index (χ0v) is 8.65. The van der Waals surface area contributed by atoms with Crippen LogP contribution < -0.4 is 5.73 Å². The van der Waals surface area contributed by atoms with Gasteiger partial charge in [-0.1, -0.05) is 12.8 Å². The lowest BCUT2D eigenvalue weighted by molar-refractivity contribution is 0.0947. The second kappa shape index (κ2) is 4.06. The third kappa shape index (κ3) is 2.39. The predicted octanol–water partition coefficient (Wildman–Crippen LogP) is 1.32. The maximum Gasteiger partial charge on any atom is 0.184 e. The van der Waals surface area contributed by atoms with Crippen LogP contribution in [-0.2, 0) is 0 Å². The standard InChI is InChI=1S/C11H15N3O/c12-11(3-1-2-4-11)7-10(15)9-8-13-5-6-14-9/h5-6,8H,1-4,7,12H2. The number of aromatic nitrogens is 2. The summed E-state index contributed by atoms with van der Waals surface area (Å²) < 4.78 is 0. The fourth-order valence-corrected chi connectivity index (χ4v) is 2.11. The largest absolute Gasteiger partial charge is 0.325 e. The molecule has 80 valence electrons. The summed E-state index contributed by atoms with van der Waals surface area (Å²) in [5.41, 5.74) is 6.26. The molecule has 1 aliphatic carbocycles. The van der Waals surface area contributed by atoms with E-state index in [4.69, 9.17) is 5.73 Å². The van der Waals surface area contributed by atoms with Gasteiger partial charge < -0.3 is 5.73 Å². The molecule has 0 amide bonds. The van der Waals surface area contributed by atoms with E-state index in [9.17, 15) is 4.79 Å². The molecule has 1 aromatic rings. The Labute approximate surface area is 88.9 Å². The molecule has 2 N–H and O–H groups in total. The first-order chi connectivity index (χ1) is 7.20. The Hall–Kier alpha value is -1.29. The highest BCUT2D eigenvalue weighted by Gasteiger charge is 2.32. The van der Waals surface area contributed by atoms with E-state index in [0.29, 0.717) is 12.1 Å². The van der Waals surface area contributed by atoms with Crippen molar-refractivity contribution < 1.29 is 4.79 Å². The topological polar surface area (TPSA) is 68.9 Å². The molecule has 1 heterocycles. The number of carbonyl (C=O) groups excluding carboxylic acids is 1. The average molecular weight is 205 g/mol. The van der Waals surface area contributed by atoms with Crippen molar-refractivity contribution in [2.24, 2.45) is 5.73 Å². The van der Waals surface area contributed by atoms with Crippen molar-refractivity contribution in [2.75, 3.05) is 0 Å². The number of hydrogen-bond acceptors (Lipinski definition) is 4. The molecular formula is C11H15N3O. The van der Waals surface area contributed by atoms with E-state index in [-0.39, 0.29) is 11.3 Å². The van der Waals surface area contributed by atoms with Crippen molar-refractivity contribution in [1.82, 2.24) is 9.97 Å². The molecule has 0 radical (unpaired) electrons. The van der Waals surface area contributed by atoms with Gasteiger partial charge in [0.05, 0.1) is 6.20 Å². The normalized spacial score (nSPS) is 19.0. The predicted molar refractivity (Wildman–Crippen MR) is 56.4 cm³/mol. The second-order valence-electron chi connectivity index (χ2n) is 4.26. The van der Waals surface area contributed by atoms with Gasteiger partial charge >= 0.3 is 0 Å². The average Bonchev–Trinajstić information content (AvgIpc) is 2.66. The number of carbonyl (C=O) groups is 1. The minimum Gasteiger partial charge on any atom is -0.325 e. The van der Waals surface area contributed by atoms with Gasteiger partial charge in [0.2, 0.25) is 0 Å². The Kier molecular flexibility index (Phi) is 2.77. The van der Waals surface area contributed by atoms with Crippen LogP contribution in [0.4, 0.5) is 0 Å². The molecule has 1 saturated carbocycles. The quantitative estimate of drug-likeness (QED) is 0.755. The number of nitrogens with zero attached hydrogens (tertiary/aromatic N) is 2. The van der Waals surface area contributed by atoms with Crippen molar-refractivity contribution in [2.45, 2.75) is 37.6 Å². The Morgan fingerprint density at radius 2 is 2.13 bits per heavy atom. The van der Waals surface area contributed by atoms with Crippen LogP contribution in [0.1, 0.15) is 42.6 Å². The van der Waals surface area contributed by atoms with Crippen molar-refractivity contribution >= 4 is 5.78 Å². The molecule has 0 aromatic carbocycles. The van der Waals surface area contributed by atoms with Crippen molar-refractivity contribution in [1.29, 1.82) is 0 Å². The minimum absolute atomic E-state index is 0.00694. The van der Waals surface area contributed by atoms with E-state index in [1.54, 1.807) is 6.20 Å². The van der Waals surface area contributed by atoms with Gasteiger partial charge in [-0.25, -0.2) is 4.98 Å². The van der Waals surface area contributed by atoms with Crippen LogP contribution in [0.2, 0.25) is 0 Å². The lowest BCUT2D eigenvalue weighted by Crippen LogP contribution is -2.38. The summed E-state index contributed by atoms with van der Waals surface area (Å²) >= 11 is 0. The minimum atomic E-state index is -0.297. The van der Waals surface area contributed by atoms with E-state index in [1.807, 2.05) is 0 Å². The third-order valence-electron chi connectivity index (χ3n) is 2.96. The van der Waals surface area contributed by atoms with Crippen molar-refractivity contribution in [3.8, 4) is 0 Å². The van der Waals surface area contributed by atoms with Gasteiger partial charge in [-0.2, -0.15) is 0 Å². The molecule has 0 saturated heterocycles. The summed E-state index contributed by atoms with van der Waals surface area (Å²) in [4.78, 5) is 19.7. The van der Waals surface area contributed by atoms with Crippen molar-refractivity contribution in [3.63, 3.8) is 0 Å². The molecule has 2 rings (SSSR count). The maximum atomic E-state index is 11.8. The molecule has 1 fully saturated rings. The van der Waals surface area contributed by atoms with Gasteiger partial charge in [-0.15, -0.1) is 0 Å². The fourth-order valence-electron chi connectivity index (χ4n) is 2.11. The highest BCUT2D eigenvalue weighted by molar-refractivity contribution is 5.94. The van der Waals surface area contributed by atoms with Gasteiger partial charge in [0.1, 0.15) is 5.69 Å². The molecule has 15 heavy (non-hydrogen) atoms. The summed E-state index contributed by atoms with van der Waals surface area (Å²) in [6.07, 6.45) is 9.13. The zero-order chi connectivity index (χ0) is 10.7. The Morgan fingerprint density at radius 3 is 2.73 bits per heavy atom. The number of hydrogen-bond donors (Lipinski definition) is 1. The van der Waals surface area contributed by atoms with Gasteiger partial charge in [0, 0.05) is 24.4 Å². The van der Waals surface area contributed by atoms with Crippen LogP contribution >= 0.6 is 0 Å². The highest BCUT2D eigenvalue weighted by Crippen LogP contribution is 2.30. The molecular weight excluding hydrogens is 190 g/mol. The van der Waals surface area contributed by atoms with Gasteiger partial charge in [-0.3, -0.25) is 9.78 Å². The number of ketones is 1. The number of rotatable bonds is 3. The zero-order valence-electron chi connectivity index (χ0n) is 8.65. The van der Waals surface area contributed by atoms with Gasteiger partial charge in [0.15, 0.2) is 5.78 Å². The number of nitrogens with two attached hydrogens (primary N) is 1. The molecule has 1 aromatic heterocycles. The van der Waals surface area contributed by atoms with Crippen molar-refractivity contribution in [3.05, 3.63) is 24.3 Å². The maximum absolute atomic E-state index is 11.8. The SMILES string of the molecule is NC1(CC(=O)c2cnccn2)CCCC1. The summed E-state index contributed by atoms with van der Waals surface area (Å²) in [6, 6.07) is 0. The van der Waals surface area contributed by atoms with Crippen LogP contribution in [0.5, 0.6) is 0 Å². The fraction of sp³-hybridized carbons (Fsp3) is 0.545. The molecule has 0 aliphatic heterocycles. The molecule has 0 bridgehead atoms. The lowest BCUT2D eigenvalue weighted by Gasteiger charge is -2.21. The smallest absolute Gasteiger partial charge is 0.184 e. The first-order valence-corrected chi connectivity index (χ1v) is 5.28. The molecule has 4 nitrogen and oxygen atoms in total. The van der Waals surface area contributed by atoms with E-state index < -0.39 is 0 Å². The van der Waals surface area contributed by atoms with Crippen LogP contribution in [0.3, 0.4) is 0 Å². The van der Waals surface area contributed by atoms with E-state index >= 15 is 0 Å². The van der Waals surface area contributed by atoms with Crippen LogP contribution in [0.15, 0.2) is 18.6 Å². The molecule has 0 atom stereocenters. The summed E-state index contributed by atoms with van der Waals surface area (Å²) in [7, 11) is 0. The first-order valence-electron chi connectivity index (χ1n) is 5.28. The Balaban J connectivity index is 2.04. The van der Waals surface area contributed by atoms with E-state index in [1.165, 1.54) is 12.4 Å². The van der Waals surface area contributed by atoms with Crippen LogP contribution in [0, 0.1) is 0 Å². The highest BCUT2D eigenvalue weighted by atomic mass is 16.1. The molecule has 4 heteroatoms. The van der Waals surface area contributed by atoms with E-state index in [2.05, 4.69) is 9.97 Å². The Bertz CT molecular complexity index is 344. The third-order valence-corrected chi connectivity index (χ3v) is 2.96. The summed E-state index contributed by atoms with van der Waals surface area (Å²) in [5, 5.41) is 0. The van der Waals surface area contributed by atoms with Gasteiger partial charge in [-0.05, 0) is 12.8 Å². The van der Waals surface area contributed by atoms with E-state index in [0.717, 1.165) is 25.7 Å². The summed E-state index contributed by atoms with van der Waals surface area (Å²) in [5.74, 6) is 0.00694. The first kappa shape index (κ1) is 10.2. The number of Topliss-reactive ketones (excluding diaryl/α,β-unsaturated/α-hetero) is 1. The molecule has 0 spiro atoms. The van der Waals surface area contributed by atoms with Crippen LogP contribution in [0.25, 0.3) is 0 Å². The molecule has 0 unspecified atom stereocenters. The lowest BCUT2D eigenvalue weighted by atomic mass is 9.91. The van der Waals surface area contributed by atoms with Gasteiger partial charge in [0.25, 0.3) is 0 Å². The summed E-state index contributed by atoms with van der Waals surface area (Å²) in [6.45, 7) is 0.